The number of hydrogen-bond acceptors (Lipinski definition) is 3. The van der Waals surface area contributed by atoms with Crippen molar-refractivity contribution in [1.29, 1.82) is 0 Å². The van der Waals surface area contributed by atoms with Crippen molar-refractivity contribution in [2.24, 2.45) is 0 Å². The van der Waals surface area contributed by atoms with E-state index in [4.69, 9.17) is 4.74 Å². The van der Waals surface area contributed by atoms with Crippen LogP contribution in [-0.2, 0) is 0 Å². The van der Waals surface area contributed by atoms with Crippen LogP contribution >= 0.6 is 15.9 Å². The highest BCUT2D eigenvalue weighted by atomic mass is 79.9. The Kier molecular flexibility index (Phi) is 2.97. The van der Waals surface area contributed by atoms with Crippen LogP contribution < -0.4 is 4.74 Å². The standard InChI is InChI=1S/C11H9BrN2O/c1-8-2-7-11(14-13-8)15-10-5-3-9(12)4-6-10/h2-7H,1H3. The molecular weight excluding hydrogens is 256 g/mol. The van der Waals surface area contributed by atoms with Gasteiger partial charge >= 0.3 is 0 Å². The summed E-state index contributed by atoms with van der Waals surface area (Å²) in [5.41, 5.74) is 0.873. The van der Waals surface area contributed by atoms with Crippen molar-refractivity contribution in [2.45, 2.75) is 6.92 Å². The zero-order chi connectivity index (χ0) is 10.7. The lowest BCUT2D eigenvalue weighted by Gasteiger charge is -2.03. The molecule has 0 aliphatic heterocycles. The van der Waals surface area contributed by atoms with Crippen LogP contribution in [-0.4, -0.2) is 10.2 Å². The number of aryl methyl sites for hydroxylation is 1. The average molecular weight is 265 g/mol. The Bertz CT molecular complexity index is 396. The van der Waals surface area contributed by atoms with Crippen molar-refractivity contribution >= 4 is 15.9 Å². The number of halogens is 1. The summed E-state index contributed by atoms with van der Waals surface area (Å²) in [6.07, 6.45) is 0. The Hall–Kier alpha value is -1.42. The molecule has 0 N–H and O–H groups in total. The second-order valence-electron chi connectivity index (χ2n) is 3.07. The van der Waals surface area contributed by atoms with Crippen molar-refractivity contribution in [1.82, 2.24) is 10.2 Å². The SMILES string of the molecule is Cc1ccc(Oc2ccc(Br)cc2)nn1. The molecule has 2 rings (SSSR count). The highest BCUT2D eigenvalue weighted by Gasteiger charge is 1.98. The molecule has 0 spiro atoms. The second-order valence-corrected chi connectivity index (χ2v) is 3.98. The summed E-state index contributed by atoms with van der Waals surface area (Å²) < 4.78 is 6.51. The van der Waals surface area contributed by atoms with Crippen molar-refractivity contribution < 1.29 is 4.74 Å². The van der Waals surface area contributed by atoms with Crippen LogP contribution in [0.2, 0.25) is 0 Å². The van der Waals surface area contributed by atoms with E-state index in [1.165, 1.54) is 0 Å². The highest BCUT2D eigenvalue weighted by Crippen LogP contribution is 2.20. The van der Waals surface area contributed by atoms with Gasteiger partial charge in [-0.3, -0.25) is 0 Å². The van der Waals surface area contributed by atoms with E-state index in [9.17, 15) is 0 Å². The van der Waals surface area contributed by atoms with Gasteiger partial charge in [-0.25, -0.2) is 0 Å². The maximum absolute atomic E-state index is 5.49. The highest BCUT2D eigenvalue weighted by molar-refractivity contribution is 9.10. The van der Waals surface area contributed by atoms with Crippen molar-refractivity contribution in [3.8, 4) is 11.6 Å². The number of ether oxygens (including phenoxy) is 1. The van der Waals surface area contributed by atoms with E-state index < -0.39 is 0 Å². The molecule has 0 bridgehead atoms. The minimum absolute atomic E-state index is 0.503. The van der Waals surface area contributed by atoms with Gasteiger partial charge in [0.25, 0.3) is 0 Å². The topological polar surface area (TPSA) is 35.0 Å². The van der Waals surface area contributed by atoms with Crippen LogP contribution in [0.15, 0.2) is 40.9 Å². The number of nitrogens with zero attached hydrogens (tertiary/aromatic N) is 2. The van der Waals surface area contributed by atoms with Gasteiger partial charge in [0.1, 0.15) is 5.75 Å². The van der Waals surface area contributed by atoms with Crippen LogP contribution in [0, 0.1) is 6.92 Å². The van der Waals surface area contributed by atoms with Crippen LogP contribution in [0.5, 0.6) is 11.6 Å². The molecule has 0 radical (unpaired) electrons. The molecule has 1 aromatic heterocycles. The first-order valence-corrected chi connectivity index (χ1v) is 5.27. The third-order valence-corrected chi connectivity index (χ3v) is 2.34. The van der Waals surface area contributed by atoms with Gasteiger partial charge in [0.2, 0.25) is 5.88 Å². The summed E-state index contributed by atoms with van der Waals surface area (Å²) in [5.74, 6) is 1.25. The lowest BCUT2D eigenvalue weighted by molar-refractivity contribution is 0.454. The fourth-order valence-electron chi connectivity index (χ4n) is 1.06. The van der Waals surface area contributed by atoms with Crippen molar-refractivity contribution in [3.05, 3.63) is 46.6 Å². The molecule has 76 valence electrons. The van der Waals surface area contributed by atoms with E-state index in [0.29, 0.717) is 5.88 Å². The third-order valence-electron chi connectivity index (χ3n) is 1.81. The van der Waals surface area contributed by atoms with E-state index in [1.807, 2.05) is 37.3 Å². The molecule has 0 saturated heterocycles. The lowest BCUT2D eigenvalue weighted by Crippen LogP contribution is -1.91. The van der Waals surface area contributed by atoms with Crippen LogP contribution in [0.3, 0.4) is 0 Å². The Labute approximate surface area is 96.2 Å². The van der Waals surface area contributed by atoms with Gasteiger partial charge in [0, 0.05) is 10.5 Å². The first-order chi connectivity index (χ1) is 7.24. The van der Waals surface area contributed by atoms with E-state index >= 15 is 0 Å². The van der Waals surface area contributed by atoms with Crippen LogP contribution in [0.1, 0.15) is 5.69 Å². The molecule has 0 saturated carbocycles. The fourth-order valence-corrected chi connectivity index (χ4v) is 1.33. The Balaban J connectivity index is 2.15. The van der Waals surface area contributed by atoms with Gasteiger partial charge in [-0.05, 0) is 37.3 Å². The fraction of sp³-hybridized carbons (Fsp3) is 0.0909. The van der Waals surface area contributed by atoms with Gasteiger partial charge in [0.15, 0.2) is 0 Å². The Morgan fingerprint density at radius 1 is 1.00 bits per heavy atom. The predicted molar refractivity (Wildman–Crippen MR) is 61.0 cm³/mol. The molecule has 0 fully saturated rings. The summed E-state index contributed by atoms with van der Waals surface area (Å²) >= 11 is 3.36. The van der Waals surface area contributed by atoms with E-state index in [-0.39, 0.29) is 0 Å². The Morgan fingerprint density at radius 2 is 1.73 bits per heavy atom. The zero-order valence-electron chi connectivity index (χ0n) is 8.14. The Morgan fingerprint density at radius 3 is 2.33 bits per heavy atom. The van der Waals surface area contributed by atoms with Crippen molar-refractivity contribution in [3.63, 3.8) is 0 Å². The minimum Gasteiger partial charge on any atom is -0.438 e. The molecule has 0 amide bonds. The average Bonchev–Trinajstić information content (AvgIpc) is 2.25. The number of aromatic nitrogens is 2. The summed E-state index contributed by atoms with van der Waals surface area (Å²) in [6, 6.07) is 11.2. The van der Waals surface area contributed by atoms with E-state index in [1.54, 1.807) is 6.07 Å². The van der Waals surface area contributed by atoms with Gasteiger partial charge in [-0.2, -0.15) is 5.10 Å². The molecule has 15 heavy (non-hydrogen) atoms. The molecule has 3 nitrogen and oxygen atoms in total. The maximum Gasteiger partial charge on any atom is 0.238 e. The lowest BCUT2D eigenvalue weighted by atomic mass is 10.3. The molecule has 0 unspecified atom stereocenters. The largest absolute Gasteiger partial charge is 0.438 e. The molecule has 1 aromatic carbocycles. The van der Waals surface area contributed by atoms with E-state index in [2.05, 4.69) is 26.1 Å². The maximum atomic E-state index is 5.49. The van der Waals surface area contributed by atoms with Gasteiger partial charge in [-0.1, -0.05) is 15.9 Å². The van der Waals surface area contributed by atoms with Crippen LogP contribution in [0.4, 0.5) is 0 Å². The van der Waals surface area contributed by atoms with E-state index in [0.717, 1.165) is 15.9 Å². The molecule has 0 aliphatic rings. The molecular formula is C11H9BrN2O. The van der Waals surface area contributed by atoms with Gasteiger partial charge < -0.3 is 4.74 Å². The predicted octanol–water partition coefficient (Wildman–Crippen LogP) is 3.34. The van der Waals surface area contributed by atoms with Crippen molar-refractivity contribution in [2.75, 3.05) is 0 Å². The number of rotatable bonds is 2. The first kappa shape index (κ1) is 10.1. The van der Waals surface area contributed by atoms with Crippen LogP contribution in [0.25, 0.3) is 0 Å². The first-order valence-electron chi connectivity index (χ1n) is 4.48. The monoisotopic (exact) mass is 264 g/mol. The molecule has 1 heterocycles. The molecule has 2 aromatic rings. The molecule has 0 aliphatic carbocycles. The van der Waals surface area contributed by atoms with Gasteiger partial charge in [0.05, 0.1) is 5.69 Å². The summed E-state index contributed by atoms with van der Waals surface area (Å²) in [6.45, 7) is 1.89. The normalized spacial score (nSPS) is 10.0. The molecule has 0 atom stereocenters. The summed E-state index contributed by atoms with van der Waals surface area (Å²) in [4.78, 5) is 0. The smallest absolute Gasteiger partial charge is 0.238 e. The number of hydrogen-bond donors (Lipinski definition) is 0. The van der Waals surface area contributed by atoms with Gasteiger partial charge in [-0.15, -0.1) is 5.10 Å². The third kappa shape index (κ3) is 2.76. The number of benzene rings is 1. The minimum atomic E-state index is 0.503. The second kappa shape index (κ2) is 4.40. The summed E-state index contributed by atoms with van der Waals surface area (Å²) in [7, 11) is 0. The molecule has 4 heteroatoms. The summed E-state index contributed by atoms with van der Waals surface area (Å²) in [5, 5.41) is 7.82. The zero-order valence-corrected chi connectivity index (χ0v) is 9.73. The quantitative estimate of drug-likeness (QED) is 0.835.